The number of thiazole rings is 1. The maximum absolute atomic E-state index is 13.6. The van der Waals surface area contributed by atoms with Crippen molar-refractivity contribution in [1.29, 1.82) is 0 Å². The quantitative estimate of drug-likeness (QED) is 0.340. The van der Waals surface area contributed by atoms with Crippen LogP contribution in [0.2, 0.25) is 0 Å². The molecule has 0 spiro atoms. The Kier molecular flexibility index (Phi) is 7.37. The lowest BCUT2D eigenvalue weighted by Crippen LogP contribution is -2.39. The molecule has 1 aromatic carbocycles. The molecule has 3 heterocycles. The van der Waals surface area contributed by atoms with Gasteiger partial charge in [0.05, 0.1) is 29.0 Å². The van der Waals surface area contributed by atoms with Crippen molar-refractivity contribution in [3.8, 4) is 11.5 Å². The maximum atomic E-state index is 13.6. The van der Waals surface area contributed by atoms with Gasteiger partial charge in [0.15, 0.2) is 16.3 Å². The molecular formula is C26H26N2O5S2. The summed E-state index contributed by atoms with van der Waals surface area (Å²) < 4.78 is 18.7. The van der Waals surface area contributed by atoms with Crippen molar-refractivity contribution in [2.45, 2.75) is 32.9 Å². The minimum Gasteiger partial charge on any atom is -0.493 e. The molecule has 1 aliphatic heterocycles. The van der Waals surface area contributed by atoms with E-state index in [9.17, 15) is 9.59 Å². The van der Waals surface area contributed by atoms with E-state index in [2.05, 4.69) is 11.6 Å². The molecule has 1 atom stereocenters. The van der Waals surface area contributed by atoms with E-state index >= 15 is 0 Å². The summed E-state index contributed by atoms with van der Waals surface area (Å²) in [6.07, 6.45) is 3.16. The van der Waals surface area contributed by atoms with Crippen LogP contribution >= 0.6 is 22.7 Å². The highest BCUT2D eigenvalue weighted by Crippen LogP contribution is 2.33. The summed E-state index contributed by atoms with van der Waals surface area (Å²) in [5.74, 6) is 0.681. The summed E-state index contributed by atoms with van der Waals surface area (Å²) in [4.78, 5) is 32.7. The van der Waals surface area contributed by atoms with E-state index in [1.165, 1.54) is 22.7 Å². The highest BCUT2D eigenvalue weighted by Gasteiger charge is 2.34. The zero-order chi connectivity index (χ0) is 25.1. The summed E-state index contributed by atoms with van der Waals surface area (Å²) in [5.41, 5.74) is 1.49. The topological polar surface area (TPSA) is 79.1 Å². The zero-order valence-electron chi connectivity index (χ0n) is 19.9. The van der Waals surface area contributed by atoms with Crippen LogP contribution in [0.1, 0.15) is 37.3 Å². The van der Waals surface area contributed by atoms with Gasteiger partial charge in [0.2, 0.25) is 0 Å². The molecule has 2 aromatic heterocycles. The van der Waals surface area contributed by atoms with Crippen molar-refractivity contribution in [3.63, 3.8) is 0 Å². The number of aromatic nitrogens is 1. The number of fused-ring (bicyclic) bond motifs is 1. The van der Waals surface area contributed by atoms with E-state index in [-0.39, 0.29) is 11.7 Å². The molecule has 4 rings (SSSR count). The second kappa shape index (κ2) is 10.5. The van der Waals surface area contributed by atoms with Crippen LogP contribution in [0.3, 0.4) is 0 Å². The zero-order valence-corrected chi connectivity index (χ0v) is 21.6. The van der Waals surface area contributed by atoms with Gasteiger partial charge in [-0.2, -0.15) is 0 Å². The van der Waals surface area contributed by atoms with Crippen molar-refractivity contribution in [2.75, 3.05) is 13.7 Å². The highest BCUT2D eigenvalue weighted by molar-refractivity contribution is 7.10. The summed E-state index contributed by atoms with van der Waals surface area (Å²) in [6.45, 7) is 9.39. The number of carbonyl (C=O) groups is 1. The maximum Gasteiger partial charge on any atom is 0.338 e. The molecule has 0 fully saturated rings. The molecule has 0 bridgehead atoms. The Labute approximate surface area is 210 Å². The van der Waals surface area contributed by atoms with Crippen LogP contribution in [0.4, 0.5) is 0 Å². The number of carbonyl (C=O) groups excluding carboxylic acids is 1. The predicted molar refractivity (Wildman–Crippen MR) is 138 cm³/mol. The molecule has 9 heteroatoms. The molecule has 35 heavy (non-hydrogen) atoms. The van der Waals surface area contributed by atoms with Gasteiger partial charge in [-0.15, -0.1) is 11.3 Å². The van der Waals surface area contributed by atoms with Gasteiger partial charge in [-0.1, -0.05) is 36.1 Å². The van der Waals surface area contributed by atoms with Crippen molar-refractivity contribution >= 4 is 34.7 Å². The van der Waals surface area contributed by atoms with Crippen LogP contribution in [0.5, 0.6) is 11.5 Å². The van der Waals surface area contributed by atoms with Crippen LogP contribution < -0.4 is 24.4 Å². The molecule has 0 saturated heterocycles. The highest BCUT2D eigenvalue weighted by atomic mass is 32.1. The molecule has 0 N–H and O–H groups in total. The third-order valence-corrected chi connectivity index (χ3v) is 7.15. The molecule has 0 radical (unpaired) electrons. The average Bonchev–Trinajstić information content (AvgIpc) is 3.45. The Morgan fingerprint density at radius 1 is 1.29 bits per heavy atom. The lowest BCUT2D eigenvalue weighted by atomic mass is 10.0. The van der Waals surface area contributed by atoms with Crippen LogP contribution in [-0.2, 0) is 9.53 Å². The van der Waals surface area contributed by atoms with Crippen molar-refractivity contribution in [3.05, 3.63) is 89.8 Å². The molecule has 1 aliphatic rings. The number of allylic oxidation sites excluding steroid dienone is 1. The second-order valence-corrected chi connectivity index (χ2v) is 10.0. The monoisotopic (exact) mass is 510 g/mol. The number of hydrogen-bond donors (Lipinski definition) is 0. The van der Waals surface area contributed by atoms with E-state index in [4.69, 9.17) is 14.2 Å². The molecule has 182 valence electrons. The Hall–Kier alpha value is -3.43. The summed E-state index contributed by atoms with van der Waals surface area (Å²) in [7, 11) is 1.56. The number of thiophene rings is 1. The van der Waals surface area contributed by atoms with Crippen LogP contribution in [0.15, 0.2) is 69.4 Å². The van der Waals surface area contributed by atoms with E-state index in [1.54, 1.807) is 50.7 Å². The second-order valence-electron chi connectivity index (χ2n) is 8.06. The number of methoxy groups -OCH3 is 1. The summed E-state index contributed by atoms with van der Waals surface area (Å²) >= 11 is 2.77. The van der Waals surface area contributed by atoms with E-state index < -0.39 is 12.0 Å². The number of nitrogens with zero attached hydrogens (tertiary/aromatic N) is 2. The number of benzene rings is 1. The lowest BCUT2D eigenvalue weighted by molar-refractivity contribution is -0.143. The number of ether oxygens (including phenoxy) is 3. The Morgan fingerprint density at radius 3 is 2.74 bits per heavy atom. The first-order chi connectivity index (χ1) is 16.8. The first kappa shape index (κ1) is 24.7. The van der Waals surface area contributed by atoms with Gasteiger partial charge in [0.25, 0.3) is 5.56 Å². The molecular weight excluding hydrogens is 484 g/mol. The molecule has 0 saturated carbocycles. The lowest BCUT2D eigenvalue weighted by Gasteiger charge is -2.24. The van der Waals surface area contributed by atoms with E-state index in [0.717, 1.165) is 10.4 Å². The standard InChI is InChI=1S/C26H26N2O5S2/c1-6-11-32-18-10-9-17(13-19(18)31-5)14-21-24(29)28-23(20-8-7-12-34-20)22(25(30)33-15(2)3)16(4)27-26(28)35-21/h6-10,12-15,23H,1,11H2,2-5H3/b21-14+/t23-/m0/s1. The largest absolute Gasteiger partial charge is 0.493 e. The summed E-state index contributed by atoms with van der Waals surface area (Å²) in [6, 6.07) is 8.68. The minimum absolute atomic E-state index is 0.222. The Balaban J connectivity index is 1.84. The van der Waals surface area contributed by atoms with Crippen molar-refractivity contribution in [2.24, 2.45) is 4.99 Å². The smallest absolute Gasteiger partial charge is 0.338 e. The Morgan fingerprint density at radius 2 is 2.09 bits per heavy atom. The molecule has 0 amide bonds. The van der Waals surface area contributed by atoms with E-state index in [0.29, 0.717) is 38.7 Å². The Bertz CT molecular complexity index is 1460. The van der Waals surface area contributed by atoms with Gasteiger partial charge in [-0.25, -0.2) is 9.79 Å². The molecule has 0 aliphatic carbocycles. The third kappa shape index (κ3) is 5.01. The van der Waals surface area contributed by atoms with E-state index in [1.807, 2.05) is 29.6 Å². The number of rotatable bonds is 8. The van der Waals surface area contributed by atoms with Crippen molar-refractivity contribution < 1.29 is 19.0 Å². The van der Waals surface area contributed by atoms with Gasteiger partial charge >= 0.3 is 5.97 Å². The van der Waals surface area contributed by atoms with Crippen LogP contribution in [-0.4, -0.2) is 30.4 Å². The van der Waals surface area contributed by atoms with Crippen molar-refractivity contribution in [1.82, 2.24) is 4.57 Å². The number of esters is 1. The van der Waals surface area contributed by atoms with Gasteiger partial charge in [-0.3, -0.25) is 9.36 Å². The van der Waals surface area contributed by atoms with Crippen LogP contribution in [0, 0.1) is 0 Å². The fourth-order valence-corrected chi connectivity index (χ4v) is 5.64. The van der Waals surface area contributed by atoms with Gasteiger partial charge < -0.3 is 14.2 Å². The molecule has 3 aromatic rings. The summed E-state index contributed by atoms with van der Waals surface area (Å²) in [5, 5.41) is 1.92. The fraction of sp³-hybridized carbons (Fsp3) is 0.269. The van der Waals surface area contributed by atoms with Gasteiger partial charge in [0, 0.05) is 4.88 Å². The average molecular weight is 511 g/mol. The first-order valence-corrected chi connectivity index (χ1v) is 12.7. The first-order valence-electron chi connectivity index (χ1n) is 11.0. The molecule has 0 unspecified atom stereocenters. The predicted octanol–water partition coefficient (Wildman–Crippen LogP) is 3.82. The van der Waals surface area contributed by atoms with Gasteiger partial charge in [-0.05, 0) is 56.0 Å². The fourth-order valence-electron chi connectivity index (χ4n) is 3.77. The normalized spacial score (nSPS) is 15.6. The SMILES string of the molecule is C=CCOc1ccc(/C=c2/sc3n(c2=O)[C@@H](c2cccs2)C(C(=O)OC(C)C)=C(C)N=3)cc1OC. The minimum atomic E-state index is -0.594. The van der Waals surface area contributed by atoms with Gasteiger partial charge in [0.1, 0.15) is 12.6 Å². The molecule has 7 nitrogen and oxygen atoms in total. The third-order valence-electron chi connectivity index (χ3n) is 5.24. The van der Waals surface area contributed by atoms with Crippen LogP contribution in [0.25, 0.3) is 6.08 Å². The number of hydrogen-bond acceptors (Lipinski definition) is 8.